The van der Waals surface area contributed by atoms with Crippen LogP contribution in [-0.2, 0) is 6.42 Å². The summed E-state index contributed by atoms with van der Waals surface area (Å²) in [6.07, 6.45) is 3.80. The predicted octanol–water partition coefficient (Wildman–Crippen LogP) is 7.07. The number of nitrogens with zero attached hydrogens (tertiary/aromatic N) is 2. The van der Waals surface area contributed by atoms with Gasteiger partial charge in [-0.1, -0.05) is 26.0 Å². The highest BCUT2D eigenvalue weighted by Gasteiger charge is 2.08. The summed E-state index contributed by atoms with van der Waals surface area (Å²) in [4.78, 5) is 12.2. The second-order valence-corrected chi connectivity index (χ2v) is 9.73. The fraction of sp³-hybridized carbons (Fsp3) is 0.290. The molecule has 38 heavy (non-hydrogen) atoms. The molecule has 198 valence electrons. The number of hydrogen-bond acceptors (Lipinski definition) is 5. The minimum atomic E-state index is 0.764. The van der Waals surface area contributed by atoms with Gasteiger partial charge in [0.25, 0.3) is 0 Å². The van der Waals surface area contributed by atoms with E-state index in [2.05, 4.69) is 99.7 Å². The number of imidazole rings is 1. The Morgan fingerprint density at radius 2 is 1.71 bits per heavy atom. The van der Waals surface area contributed by atoms with Gasteiger partial charge in [0.1, 0.15) is 11.5 Å². The average molecular weight is 529 g/mol. The third-order valence-electron chi connectivity index (χ3n) is 6.37. The number of aromatic nitrogens is 3. The number of methoxy groups -OCH3 is 1. The SMILES string of the molecule is CCCOc1ccc(-c2ccc3nc(NCC)[nH]c3c2)cc1CC.COc1cc2nccc(C)c2cc1P. The minimum absolute atomic E-state index is 0.764. The summed E-state index contributed by atoms with van der Waals surface area (Å²) in [6.45, 7) is 10.1. The summed E-state index contributed by atoms with van der Waals surface area (Å²) in [7, 11) is 4.35. The Bertz CT molecular complexity index is 1530. The van der Waals surface area contributed by atoms with Crippen LogP contribution in [0.2, 0.25) is 0 Å². The molecule has 0 saturated carbocycles. The normalized spacial score (nSPS) is 10.8. The molecule has 1 atom stereocenters. The van der Waals surface area contributed by atoms with E-state index >= 15 is 0 Å². The maximum Gasteiger partial charge on any atom is 0.201 e. The summed E-state index contributed by atoms with van der Waals surface area (Å²) >= 11 is 0. The zero-order valence-corrected chi connectivity index (χ0v) is 24.0. The molecule has 0 aliphatic carbocycles. The van der Waals surface area contributed by atoms with Gasteiger partial charge in [0.2, 0.25) is 5.95 Å². The van der Waals surface area contributed by atoms with Crippen LogP contribution in [0.25, 0.3) is 33.1 Å². The quantitative estimate of drug-likeness (QED) is 0.211. The van der Waals surface area contributed by atoms with Gasteiger partial charge >= 0.3 is 0 Å². The number of rotatable bonds is 8. The van der Waals surface area contributed by atoms with Gasteiger partial charge in [-0.05, 0) is 85.3 Å². The fourth-order valence-corrected chi connectivity index (χ4v) is 4.70. The Balaban J connectivity index is 0.000000204. The van der Waals surface area contributed by atoms with Gasteiger partial charge in [-0.15, -0.1) is 9.24 Å². The van der Waals surface area contributed by atoms with E-state index in [0.717, 1.165) is 65.3 Å². The van der Waals surface area contributed by atoms with Crippen molar-refractivity contribution in [1.82, 2.24) is 15.0 Å². The molecule has 5 rings (SSSR count). The first-order valence-electron chi connectivity index (χ1n) is 13.2. The molecule has 5 aromatic rings. The molecule has 2 N–H and O–H groups in total. The van der Waals surface area contributed by atoms with Gasteiger partial charge in [0.15, 0.2) is 0 Å². The van der Waals surface area contributed by atoms with Gasteiger partial charge in [0, 0.05) is 29.5 Å². The van der Waals surface area contributed by atoms with Crippen LogP contribution in [0, 0.1) is 6.92 Å². The molecule has 0 aliphatic heterocycles. The third kappa shape index (κ3) is 6.25. The van der Waals surface area contributed by atoms with Crippen molar-refractivity contribution in [3.05, 3.63) is 71.9 Å². The van der Waals surface area contributed by atoms with Gasteiger partial charge < -0.3 is 19.8 Å². The lowest BCUT2D eigenvalue weighted by Gasteiger charge is -2.12. The number of anilines is 1. The number of aryl methyl sites for hydroxylation is 2. The Morgan fingerprint density at radius 1 is 0.921 bits per heavy atom. The van der Waals surface area contributed by atoms with Gasteiger partial charge in [-0.2, -0.15) is 0 Å². The first-order chi connectivity index (χ1) is 18.5. The standard InChI is InChI=1S/C20H25N3O.C11H12NOP/c1-4-11-24-19-10-8-15(12-14(19)5-2)16-7-9-17-18(13-16)23-20(22-17)21-6-3;1-7-3-4-12-9-6-10(13-2)11(14)5-8(7)9/h7-10,12-13H,4-6,11H2,1-3H3,(H2,21,22,23);3-6H,14H2,1-2H3. The van der Waals surface area contributed by atoms with Gasteiger partial charge in [0.05, 0.1) is 30.3 Å². The summed E-state index contributed by atoms with van der Waals surface area (Å²) in [5, 5.41) is 5.46. The number of benzene rings is 3. The highest BCUT2D eigenvalue weighted by atomic mass is 31.0. The molecule has 6 nitrogen and oxygen atoms in total. The topological polar surface area (TPSA) is 72.1 Å². The van der Waals surface area contributed by atoms with Crippen LogP contribution in [0.15, 0.2) is 60.8 Å². The number of ether oxygens (including phenoxy) is 2. The van der Waals surface area contributed by atoms with E-state index in [-0.39, 0.29) is 0 Å². The molecule has 0 aliphatic rings. The lowest BCUT2D eigenvalue weighted by Crippen LogP contribution is -1.99. The van der Waals surface area contributed by atoms with Crippen molar-refractivity contribution in [2.45, 2.75) is 40.5 Å². The Hall–Kier alpha value is -3.63. The molecule has 0 bridgehead atoms. The maximum atomic E-state index is 5.84. The molecular weight excluding hydrogens is 491 g/mol. The monoisotopic (exact) mass is 528 g/mol. The number of H-pyrrole nitrogens is 1. The van der Waals surface area contributed by atoms with Crippen LogP contribution in [0.3, 0.4) is 0 Å². The fourth-order valence-electron chi connectivity index (χ4n) is 4.33. The lowest BCUT2D eigenvalue weighted by molar-refractivity contribution is 0.314. The highest BCUT2D eigenvalue weighted by Crippen LogP contribution is 2.29. The summed E-state index contributed by atoms with van der Waals surface area (Å²) < 4.78 is 11.1. The van der Waals surface area contributed by atoms with Crippen molar-refractivity contribution in [3.8, 4) is 22.6 Å². The van der Waals surface area contributed by atoms with E-state index in [1.54, 1.807) is 7.11 Å². The van der Waals surface area contributed by atoms with Gasteiger partial charge in [-0.25, -0.2) is 4.98 Å². The van der Waals surface area contributed by atoms with Crippen molar-refractivity contribution in [2.75, 3.05) is 25.6 Å². The predicted molar refractivity (Wildman–Crippen MR) is 163 cm³/mol. The smallest absolute Gasteiger partial charge is 0.201 e. The number of pyridine rings is 1. The molecule has 0 saturated heterocycles. The maximum absolute atomic E-state index is 5.84. The molecular formula is C31H37N4O2P. The third-order valence-corrected chi connectivity index (χ3v) is 6.82. The van der Waals surface area contributed by atoms with E-state index in [1.807, 2.05) is 18.3 Å². The molecule has 2 heterocycles. The van der Waals surface area contributed by atoms with Crippen LogP contribution in [0.5, 0.6) is 11.5 Å². The molecule has 0 amide bonds. The van der Waals surface area contributed by atoms with Crippen LogP contribution >= 0.6 is 9.24 Å². The largest absolute Gasteiger partial charge is 0.496 e. The zero-order valence-electron chi connectivity index (χ0n) is 22.9. The second kappa shape index (κ2) is 12.7. The van der Waals surface area contributed by atoms with E-state index in [4.69, 9.17) is 9.47 Å². The van der Waals surface area contributed by atoms with Crippen molar-refractivity contribution >= 4 is 42.4 Å². The van der Waals surface area contributed by atoms with E-state index in [9.17, 15) is 0 Å². The molecule has 2 aromatic heterocycles. The van der Waals surface area contributed by atoms with Crippen molar-refractivity contribution < 1.29 is 9.47 Å². The molecule has 3 aromatic carbocycles. The molecule has 0 fully saturated rings. The first kappa shape index (κ1) is 27.4. The molecule has 0 radical (unpaired) electrons. The van der Waals surface area contributed by atoms with E-state index in [0.29, 0.717) is 0 Å². The molecule has 1 unspecified atom stereocenters. The van der Waals surface area contributed by atoms with Crippen molar-refractivity contribution in [1.29, 1.82) is 0 Å². The molecule has 7 heteroatoms. The number of fused-ring (bicyclic) bond motifs is 2. The summed E-state index contributed by atoms with van der Waals surface area (Å²) in [5.41, 5.74) is 7.89. The van der Waals surface area contributed by atoms with Gasteiger partial charge in [-0.3, -0.25) is 4.98 Å². The Kier molecular flexibility index (Phi) is 9.19. The van der Waals surface area contributed by atoms with Crippen LogP contribution in [0.1, 0.15) is 38.3 Å². The van der Waals surface area contributed by atoms with Crippen LogP contribution in [-0.4, -0.2) is 35.2 Å². The van der Waals surface area contributed by atoms with E-state index in [1.165, 1.54) is 27.6 Å². The summed E-state index contributed by atoms with van der Waals surface area (Å²) in [5.74, 6) is 2.68. The number of aromatic amines is 1. The van der Waals surface area contributed by atoms with E-state index < -0.39 is 0 Å². The Labute approximate surface area is 227 Å². The van der Waals surface area contributed by atoms with Crippen molar-refractivity contribution in [3.63, 3.8) is 0 Å². The lowest BCUT2D eigenvalue weighted by atomic mass is 10.0. The minimum Gasteiger partial charge on any atom is -0.496 e. The van der Waals surface area contributed by atoms with Crippen molar-refractivity contribution in [2.24, 2.45) is 0 Å². The van der Waals surface area contributed by atoms with Crippen LogP contribution in [0.4, 0.5) is 5.95 Å². The number of nitrogens with one attached hydrogen (secondary N) is 2. The molecule has 0 spiro atoms. The first-order valence-corrected chi connectivity index (χ1v) is 13.7. The zero-order chi connectivity index (χ0) is 27.1. The Morgan fingerprint density at radius 3 is 2.45 bits per heavy atom. The average Bonchev–Trinajstić information content (AvgIpc) is 3.34. The summed E-state index contributed by atoms with van der Waals surface area (Å²) in [6, 6.07) is 18.9. The second-order valence-electron chi connectivity index (χ2n) is 9.11. The number of hydrogen-bond donors (Lipinski definition) is 2. The highest BCUT2D eigenvalue weighted by molar-refractivity contribution is 7.27. The van der Waals surface area contributed by atoms with Crippen LogP contribution < -0.4 is 20.1 Å².